The molecule has 2 aromatic rings. The monoisotopic (exact) mass is 333 g/mol. The summed E-state index contributed by atoms with van der Waals surface area (Å²) in [6, 6.07) is 8.50. The first-order valence-corrected chi connectivity index (χ1v) is 8.23. The predicted molar refractivity (Wildman–Crippen MR) is 94.8 cm³/mol. The number of hydrogen-bond acceptors (Lipinski definition) is 2. The minimum Gasteiger partial charge on any atom is -0.358 e. The van der Waals surface area contributed by atoms with Gasteiger partial charge in [0.2, 0.25) is 5.91 Å². The molecule has 4 rings (SSSR count). The van der Waals surface area contributed by atoms with E-state index in [9.17, 15) is 4.79 Å². The molecule has 1 saturated carbocycles. The van der Waals surface area contributed by atoms with Crippen LogP contribution in [0.3, 0.4) is 0 Å². The van der Waals surface area contributed by atoms with E-state index >= 15 is 0 Å². The Balaban J connectivity index is 0.00000156. The summed E-state index contributed by atoms with van der Waals surface area (Å²) >= 11 is 0. The molecule has 1 aliphatic carbocycles. The average Bonchev–Trinajstić information content (AvgIpc) is 3.15. The molecule has 0 radical (unpaired) electrons. The van der Waals surface area contributed by atoms with E-state index < -0.39 is 0 Å². The Labute approximate surface area is 142 Å². The van der Waals surface area contributed by atoms with Gasteiger partial charge < -0.3 is 15.6 Å². The van der Waals surface area contributed by atoms with E-state index in [1.165, 1.54) is 11.8 Å². The molecule has 2 fully saturated rings. The predicted octanol–water partition coefficient (Wildman–Crippen LogP) is 2.64. The maximum atomic E-state index is 12.7. The van der Waals surface area contributed by atoms with Gasteiger partial charge in [0, 0.05) is 35.7 Å². The molecule has 5 heteroatoms. The number of aryl methyl sites for hydroxylation is 1. The van der Waals surface area contributed by atoms with E-state index in [1.54, 1.807) is 0 Å². The smallest absolute Gasteiger partial charge is 0.227 e. The highest BCUT2D eigenvalue weighted by molar-refractivity contribution is 5.90. The van der Waals surface area contributed by atoms with Gasteiger partial charge in [-0.25, -0.2) is 0 Å². The van der Waals surface area contributed by atoms with E-state index in [4.69, 9.17) is 5.73 Å². The Morgan fingerprint density at radius 3 is 2.87 bits per heavy atom. The van der Waals surface area contributed by atoms with Crippen molar-refractivity contribution in [2.45, 2.75) is 32.2 Å². The number of nitrogens with two attached hydrogens (primary N) is 1. The van der Waals surface area contributed by atoms with Gasteiger partial charge >= 0.3 is 0 Å². The van der Waals surface area contributed by atoms with Crippen molar-refractivity contribution in [1.82, 2.24) is 9.88 Å². The molecular formula is C18H24ClN3O. The molecule has 23 heavy (non-hydrogen) atoms. The Bertz CT molecular complexity index is 726. The Morgan fingerprint density at radius 2 is 2.09 bits per heavy atom. The first-order valence-electron chi connectivity index (χ1n) is 8.23. The molecule has 1 saturated heterocycles. The summed E-state index contributed by atoms with van der Waals surface area (Å²) < 4.78 is 0. The zero-order valence-electron chi connectivity index (χ0n) is 13.4. The lowest BCUT2D eigenvalue weighted by atomic mass is 9.98. The number of benzene rings is 1. The number of halogens is 1. The van der Waals surface area contributed by atoms with Crippen LogP contribution in [0.2, 0.25) is 0 Å². The van der Waals surface area contributed by atoms with Crippen molar-refractivity contribution in [3.63, 3.8) is 0 Å². The van der Waals surface area contributed by atoms with Crippen LogP contribution in [0.1, 0.15) is 24.1 Å². The summed E-state index contributed by atoms with van der Waals surface area (Å²) in [5.41, 5.74) is 9.53. The molecule has 3 N–H and O–H groups in total. The van der Waals surface area contributed by atoms with Gasteiger partial charge in [0.25, 0.3) is 0 Å². The number of carbonyl (C=O) groups is 1. The summed E-state index contributed by atoms with van der Waals surface area (Å²) in [6.07, 6.45) is 2.80. The lowest BCUT2D eigenvalue weighted by Gasteiger charge is -2.19. The fourth-order valence-corrected chi connectivity index (χ4v) is 4.34. The van der Waals surface area contributed by atoms with E-state index in [0.717, 1.165) is 36.3 Å². The van der Waals surface area contributed by atoms with Gasteiger partial charge in [-0.2, -0.15) is 0 Å². The van der Waals surface area contributed by atoms with Crippen LogP contribution in [-0.4, -0.2) is 34.9 Å². The number of fused-ring (bicyclic) bond motifs is 2. The van der Waals surface area contributed by atoms with E-state index in [1.807, 2.05) is 17.0 Å². The van der Waals surface area contributed by atoms with Crippen LogP contribution in [0, 0.1) is 18.8 Å². The number of para-hydroxylation sites is 1. The molecule has 0 spiro atoms. The molecule has 4 nitrogen and oxygen atoms in total. The Kier molecular flexibility index (Phi) is 4.39. The fourth-order valence-electron chi connectivity index (χ4n) is 4.34. The van der Waals surface area contributed by atoms with Gasteiger partial charge in [-0.05, 0) is 43.2 Å². The third kappa shape index (κ3) is 2.74. The molecule has 2 aliphatic rings. The summed E-state index contributed by atoms with van der Waals surface area (Å²) in [6.45, 7) is 3.81. The lowest BCUT2D eigenvalue weighted by molar-refractivity contribution is -0.129. The highest BCUT2D eigenvalue weighted by Gasteiger charge is 2.42. The number of aromatic nitrogens is 1. The lowest BCUT2D eigenvalue weighted by Crippen LogP contribution is -2.34. The first-order chi connectivity index (χ1) is 10.6. The van der Waals surface area contributed by atoms with Gasteiger partial charge in [0.15, 0.2) is 0 Å². The number of amides is 1. The largest absolute Gasteiger partial charge is 0.358 e. The van der Waals surface area contributed by atoms with Crippen molar-refractivity contribution < 1.29 is 4.79 Å². The van der Waals surface area contributed by atoms with Crippen LogP contribution in [0.5, 0.6) is 0 Å². The van der Waals surface area contributed by atoms with E-state index in [-0.39, 0.29) is 24.4 Å². The highest BCUT2D eigenvalue weighted by Crippen LogP contribution is 2.37. The summed E-state index contributed by atoms with van der Waals surface area (Å²) in [4.78, 5) is 18.1. The van der Waals surface area contributed by atoms with Gasteiger partial charge in [0.1, 0.15) is 0 Å². The van der Waals surface area contributed by atoms with Crippen molar-refractivity contribution in [3.8, 4) is 0 Å². The van der Waals surface area contributed by atoms with Crippen molar-refractivity contribution in [3.05, 3.63) is 35.5 Å². The van der Waals surface area contributed by atoms with Gasteiger partial charge in [-0.3, -0.25) is 4.79 Å². The molecule has 1 aliphatic heterocycles. The van der Waals surface area contributed by atoms with Crippen molar-refractivity contribution in [2.75, 3.05) is 13.1 Å². The maximum Gasteiger partial charge on any atom is 0.227 e. The second-order valence-electron chi connectivity index (χ2n) is 6.91. The summed E-state index contributed by atoms with van der Waals surface area (Å²) in [7, 11) is 0. The van der Waals surface area contributed by atoms with Crippen molar-refractivity contribution in [1.29, 1.82) is 0 Å². The fraction of sp³-hybridized carbons (Fsp3) is 0.500. The Morgan fingerprint density at radius 1 is 1.30 bits per heavy atom. The number of rotatable bonds is 2. The molecule has 2 heterocycles. The zero-order chi connectivity index (χ0) is 15.3. The van der Waals surface area contributed by atoms with Gasteiger partial charge in [-0.1, -0.05) is 18.2 Å². The number of likely N-dealkylation sites (tertiary alicyclic amines) is 1. The standard InChI is InChI=1S/C18H23N3O.ClH/c1-11-14(13-4-2-3-5-17(13)20-11)8-18(22)21-9-12-6-7-16(19)15(12)10-21;/h2-5,12,15-16,20H,6-10,19H2,1H3;1H. The second-order valence-corrected chi connectivity index (χ2v) is 6.91. The molecular weight excluding hydrogens is 310 g/mol. The van der Waals surface area contributed by atoms with E-state index in [0.29, 0.717) is 18.3 Å². The minimum atomic E-state index is 0. The molecule has 1 aromatic heterocycles. The highest BCUT2D eigenvalue weighted by atomic mass is 35.5. The normalized spacial score (nSPS) is 26.3. The van der Waals surface area contributed by atoms with E-state index in [2.05, 4.69) is 24.0 Å². The number of hydrogen-bond donors (Lipinski definition) is 2. The van der Waals surface area contributed by atoms with Crippen molar-refractivity contribution >= 4 is 29.2 Å². The van der Waals surface area contributed by atoms with Crippen LogP contribution in [0.15, 0.2) is 24.3 Å². The quantitative estimate of drug-likeness (QED) is 0.887. The third-order valence-electron chi connectivity index (χ3n) is 5.62. The summed E-state index contributed by atoms with van der Waals surface area (Å²) in [5.74, 6) is 1.39. The molecule has 1 aromatic carbocycles. The van der Waals surface area contributed by atoms with Crippen LogP contribution in [0.4, 0.5) is 0 Å². The minimum absolute atomic E-state index is 0. The molecule has 124 valence electrons. The van der Waals surface area contributed by atoms with Crippen LogP contribution in [-0.2, 0) is 11.2 Å². The van der Waals surface area contributed by atoms with Gasteiger partial charge in [-0.15, -0.1) is 12.4 Å². The maximum absolute atomic E-state index is 12.7. The van der Waals surface area contributed by atoms with Crippen molar-refractivity contribution in [2.24, 2.45) is 17.6 Å². The van der Waals surface area contributed by atoms with Crippen LogP contribution in [0.25, 0.3) is 10.9 Å². The Hall–Kier alpha value is -1.52. The topological polar surface area (TPSA) is 62.1 Å². The number of aromatic amines is 1. The SMILES string of the molecule is Cc1[nH]c2ccccc2c1CC(=O)N1CC2CCC(N)C2C1.Cl. The average molecular weight is 334 g/mol. The molecule has 3 unspecified atom stereocenters. The molecule has 1 amide bonds. The second kappa shape index (κ2) is 6.17. The zero-order valence-corrected chi connectivity index (χ0v) is 14.2. The third-order valence-corrected chi connectivity index (χ3v) is 5.62. The van der Waals surface area contributed by atoms with Gasteiger partial charge in [0.05, 0.1) is 6.42 Å². The molecule has 0 bridgehead atoms. The van der Waals surface area contributed by atoms with Crippen LogP contribution >= 0.6 is 12.4 Å². The number of nitrogens with one attached hydrogen (secondary N) is 1. The number of H-pyrrole nitrogens is 1. The number of nitrogens with zero attached hydrogens (tertiary/aromatic N) is 1. The molecule has 3 atom stereocenters. The summed E-state index contributed by atoms with van der Waals surface area (Å²) in [5, 5.41) is 1.17. The first kappa shape index (κ1) is 16.3. The number of carbonyl (C=O) groups excluding carboxylic acids is 1. The van der Waals surface area contributed by atoms with Crippen LogP contribution < -0.4 is 5.73 Å².